The van der Waals surface area contributed by atoms with Gasteiger partial charge in [-0.3, -0.25) is 33.6 Å². The Kier molecular flexibility index (Phi) is 43.0. The number of thioether (sulfide) groups is 7. The minimum Gasteiger partial charge on any atom is -0.481 e. The van der Waals surface area contributed by atoms with Crippen LogP contribution in [0, 0.1) is 0 Å². The van der Waals surface area contributed by atoms with Crippen LogP contribution in [0.4, 0.5) is 0 Å². The zero-order chi connectivity index (χ0) is 91.5. The topological polar surface area (TPSA) is 736 Å². The van der Waals surface area contributed by atoms with E-state index < -0.39 is 332 Å². The Morgan fingerprint density at radius 3 is 0.440 bits per heavy atom. The Morgan fingerprint density at radius 1 is 0.200 bits per heavy atom. The molecule has 0 aromatic rings. The lowest BCUT2D eigenvalue weighted by atomic mass is 9.95. The van der Waals surface area contributed by atoms with Crippen molar-refractivity contribution in [2.75, 3.05) is 101 Å². The predicted molar refractivity (Wildman–Crippen MR) is 430 cm³/mol. The highest BCUT2D eigenvalue weighted by molar-refractivity contribution is 8.00. The fourth-order valence-electron chi connectivity index (χ4n) is 14.7. The third-order valence-corrected chi connectivity index (χ3v) is 28.6. The third-order valence-electron chi connectivity index (χ3n) is 21.2. The monoisotopic (exact) mass is 1940 g/mol. The third kappa shape index (κ3) is 29.5. The van der Waals surface area contributed by atoms with E-state index in [4.69, 9.17) is 75.8 Å². The van der Waals surface area contributed by atoms with Gasteiger partial charge >= 0.3 is 41.8 Å². The molecule has 30 saturated heterocycles. The summed E-state index contributed by atoms with van der Waals surface area (Å²) in [5.74, 6) is -12.1. The van der Waals surface area contributed by atoms with Gasteiger partial charge in [-0.15, -0.1) is 0 Å². The van der Waals surface area contributed by atoms with Crippen molar-refractivity contribution in [3.63, 3.8) is 0 Å². The molecule has 30 rings (SSSR count). The number of carboxylic acid groups (broad SMARTS) is 7. The molecule has 0 aromatic carbocycles. The second kappa shape index (κ2) is 50.7. The number of hydrogen-bond donors (Lipinski definition) is 23. The van der Waals surface area contributed by atoms with Gasteiger partial charge in [0.05, 0.1) is 87.7 Å². The summed E-state index contributed by atoms with van der Waals surface area (Å²) in [6.45, 7) is -0.250. The number of aliphatic carboxylic acids is 7. The first-order valence-electron chi connectivity index (χ1n) is 39.8. The van der Waals surface area contributed by atoms with Gasteiger partial charge in [-0.05, 0) is 14.1 Å². The van der Waals surface area contributed by atoms with Crippen molar-refractivity contribution in [3.05, 3.63) is 0 Å². The van der Waals surface area contributed by atoms with Crippen LogP contribution in [0.1, 0.15) is 44.9 Å². The van der Waals surface area contributed by atoms with Crippen LogP contribution in [0.5, 0.6) is 0 Å². The summed E-state index contributed by atoms with van der Waals surface area (Å²) >= 11 is 6.31. The number of aliphatic hydroxyl groups excluding tert-OH is 16. The molecule has 125 heavy (non-hydrogen) atoms. The van der Waals surface area contributed by atoms with Gasteiger partial charge in [0.25, 0.3) is 0 Å². The van der Waals surface area contributed by atoms with E-state index in [0.29, 0.717) is 0 Å². The van der Waals surface area contributed by atoms with Crippen molar-refractivity contribution in [3.8, 4) is 0 Å². The molecular formula is C71H113NO46S7. The Labute approximate surface area is 743 Å². The summed E-state index contributed by atoms with van der Waals surface area (Å²) in [6, 6.07) is 0. The van der Waals surface area contributed by atoms with E-state index in [9.17, 15) is 151 Å². The maximum Gasteiger partial charge on any atom is 0.304 e. The van der Waals surface area contributed by atoms with Crippen molar-refractivity contribution in [1.82, 2.24) is 4.90 Å². The fourth-order valence-corrected chi connectivity index (χ4v) is 21.6. The molecule has 30 aliphatic rings. The average Bonchev–Trinajstić information content (AvgIpc) is 0.770. The van der Waals surface area contributed by atoms with Crippen LogP contribution in [0.2, 0.25) is 0 Å². The van der Waals surface area contributed by atoms with Crippen LogP contribution < -0.4 is 0 Å². The zero-order valence-electron chi connectivity index (χ0n) is 67.1. The Balaban J connectivity index is 1.11. The lowest BCUT2D eigenvalue weighted by Gasteiger charge is -2.51. The van der Waals surface area contributed by atoms with E-state index in [0.717, 1.165) is 82.3 Å². The molecule has 0 spiro atoms. The molecule has 16 bridgehead atoms. The van der Waals surface area contributed by atoms with E-state index in [1.54, 1.807) is 14.1 Å². The highest BCUT2D eigenvalue weighted by Crippen LogP contribution is 2.43. The average molecular weight is 1940 g/mol. The van der Waals surface area contributed by atoms with Crippen LogP contribution in [0.25, 0.3) is 0 Å². The summed E-state index contributed by atoms with van der Waals surface area (Å²) in [5.41, 5.74) is 0. The van der Waals surface area contributed by atoms with E-state index >= 15 is 0 Å². The largest absolute Gasteiger partial charge is 0.481 e. The normalized spacial score (nSPS) is 42.3. The molecule has 0 saturated carbocycles. The van der Waals surface area contributed by atoms with Crippen molar-refractivity contribution in [1.29, 1.82) is 0 Å². The number of aliphatic hydroxyl groups is 16. The maximum absolute atomic E-state index is 12.3. The van der Waals surface area contributed by atoms with Crippen LogP contribution >= 0.6 is 82.3 Å². The minimum atomic E-state index is -2.31. The number of carboxylic acids is 7. The first-order valence-corrected chi connectivity index (χ1v) is 47.9. The van der Waals surface area contributed by atoms with Gasteiger partial charge in [-0.1, -0.05) is 0 Å². The van der Waals surface area contributed by atoms with Crippen molar-refractivity contribution < 1.29 is 227 Å². The van der Waals surface area contributed by atoms with Gasteiger partial charge in [0.15, 0.2) is 50.3 Å². The summed E-state index contributed by atoms with van der Waals surface area (Å²) in [7, 11) is 3.08. The van der Waals surface area contributed by atoms with Crippen LogP contribution in [-0.2, 0) is 109 Å². The lowest BCUT2D eigenvalue weighted by Crippen LogP contribution is -2.69. The Hall–Kier alpha value is -2.58. The van der Waals surface area contributed by atoms with Crippen LogP contribution in [-0.4, -0.2) is 511 Å². The van der Waals surface area contributed by atoms with Gasteiger partial charge in [0, 0.05) is 87.1 Å². The number of nitrogens with zero attached hydrogens (tertiary/aromatic N) is 1. The number of ether oxygens (including phenoxy) is 16. The van der Waals surface area contributed by atoms with Crippen LogP contribution in [0.3, 0.4) is 0 Å². The molecule has 23 N–H and O–H groups in total. The molecule has 30 aliphatic heterocycles. The summed E-state index contributed by atoms with van der Waals surface area (Å²) < 4.78 is 100. The summed E-state index contributed by atoms with van der Waals surface area (Å²) in [5, 5.41) is 262. The molecule has 30 heterocycles. The van der Waals surface area contributed by atoms with Crippen LogP contribution in [0.15, 0.2) is 0 Å². The second-order valence-corrected chi connectivity index (χ2v) is 38.8. The van der Waals surface area contributed by atoms with E-state index in [1.165, 1.54) is 4.90 Å². The highest BCUT2D eigenvalue weighted by atomic mass is 32.2. The van der Waals surface area contributed by atoms with E-state index in [-0.39, 0.29) is 87.1 Å². The molecule has 54 heteroatoms. The van der Waals surface area contributed by atoms with Crippen molar-refractivity contribution >= 4 is 124 Å². The second-order valence-electron chi connectivity index (χ2n) is 30.8. The number of likely N-dealkylation sites (N-methyl/N-ethyl adjacent to an activating group) is 1. The molecule has 0 amide bonds. The molecule has 30 fully saturated rings. The quantitative estimate of drug-likeness (QED) is 0.0257. The fraction of sp³-hybridized carbons (Fsp3) is 0.901. The highest BCUT2D eigenvalue weighted by Gasteiger charge is 2.61. The molecule has 0 unspecified atom stereocenters. The zero-order valence-corrected chi connectivity index (χ0v) is 72.8. The summed E-state index contributed by atoms with van der Waals surface area (Å²) in [6.07, 6.45) is -83.6. The first-order chi connectivity index (χ1) is 59.2. The predicted octanol–water partition coefficient (Wildman–Crippen LogP) is -8.33. The maximum atomic E-state index is 12.3. The minimum absolute atomic E-state index is 0.122. The molecule has 720 valence electrons. The van der Waals surface area contributed by atoms with Gasteiger partial charge in [-0.25, -0.2) is 0 Å². The SMILES string of the molecule is CN(C)C[C@H]1O[C@@H]2O[C@H]3[C@H](O)[C@@H](O)[C@@H](O[C@H]4[C@H](O)[C@@H](O)[C@@H](O[C@H]5[C@H](O)[C@@H](O)[C@@H](O[C@H]6[C@H](O)[C@@H](O)[C@@H](O[C@H]7[C@H](O)[C@@H](O)[C@@H](O[C@H]8[C@H](O)[C@@H](O)[C@@H](O[C@H]9[C@H](O)[C@@H](O)[C@@H](O[C@H]1[C@H](O)[C@H]2O)O[C@@H]9CSCCC(=O)O)O[C@@H]8CSCCC(=O)O)O[C@@H]7CSCCC(=O)O)O[C@@H]6CSCCC(=O)O)O[C@@H]5CSCCC(=O)O)O[C@@H]4CSCCC(=O)O)O[C@@H]3CSCCC(=O)O. The van der Waals surface area contributed by atoms with E-state index in [1.807, 2.05) is 0 Å². The standard InChI is InChI=1S/C71H113NO46S7/c1-72(2)17-25-56-40(87)48(95)64(103-25)112-57-26(18-119-10-3-33(73)74)105-66(50(97)42(57)89)114-59-28(20-121-12-5-35(77)78)107-68(52(99)44(59)91)116-61-30(22-123-14-7-37(81)82)109-70(54(101)46(61)93)118-63-32(24-125-16-9-39(85)86)110-71(55(102)47(63)94)117-62-31(23-124-15-8-38(83)84)108-69(53(100)45(62)92)115-60-29(21-122-13-6-36(79)80)106-67(51(98)43(60)90)113-58-27(19-120-11-4-34(75)76)104-65(111-56)49(96)41(58)88/h25-32,40-71,87-102H,3-24H2,1-2H3,(H,73,74)(H,75,76)(H,77,78)(H,79,80)(H,81,82)(H,83,84)(H,85,86)/t25-,26-,27-,28-,29-,30-,31-,32-,40-,41-,42-,43-,44-,45-,46-,47-,48-,49-,50-,51-,52-,53-,54-,55-,56-,57-,58-,59-,60-,61-,62-,63-,64-,65-,66-,67-,68-,69-,70-,71-/m1/s1. The molecule has 0 radical (unpaired) electrons. The molecule has 40 atom stereocenters. The summed E-state index contributed by atoms with van der Waals surface area (Å²) in [4.78, 5) is 83.9. The first kappa shape index (κ1) is 106. The van der Waals surface area contributed by atoms with Crippen molar-refractivity contribution in [2.24, 2.45) is 0 Å². The van der Waals surface area contributed by atoms with E-state index in [2.05, 4.69) is 0 Å². The number of carbonyl (C=O) groups is 7. The van der Waals surface area contributed by atoms with Crippen molar-refractivity contribution in [2.45, 2.75) is 291 Å². The smallest absolute Gasteiger partial charge is 0.304 e. The molecule has 0 aliphatic carbocycles. The molecule has 47 nitrogen and oxygen atoms in total. The van der Waals surface area contributed by atoms with Gasteiger partial charge < -0.3 is 198 Å². The van der Waals surface area contributed by atoms with Gasteiger partial charge in [0.2, 0.25) is 0 Å². The van der Waals surface area contributed by atoms with Gasteiger partial charge in [-0.2, -0.15) is 82.3 Å². The Morgan fingerprint density at radius 2 is 0.320 bits per heavy atom. The molecular weight excluding hydrogens is 1830 g/mol. The van der Waals surface area contributed by atoms with Gasteiger partial charge in [0.1, 0.15) is 153 Å². The lowest BCUT2D eigenvalue weighted by molar-refractivity contribution is -0.397. The Bertz CT molecular complexity index is 3230. The molecule has 0 aromatic heterocycles. The number of hydrogen-bond acceptors (Lipinski definition) is 47. The number of rotatable bonds is 37.